The summed E-state index contributed by atoms with van der Waals surface area (Å²) in [5, 5.41) is 0. The van der Waals surface area contributed by atoms with Gasteiger partial charge in [-0.2, -0.15) is 0 Å². The Morgan fingerprint density at radius 1 is 0.833 bits per heavy atom. The Bertz CT molecular complexity index is 190. The Morgan fingerprint density at radius 2 is 1.17 bits per heavy atom. The zero-order valence-corrected chi connectivity index (χ0v) is 9.89. The predicted octanol–water partition coefficient (Wildman–Crippen LogP) is 3.95. The van der Waals surface area contributed by atoms with E-state index in [1.54, 1.807) is 0 Å². The van der Waals surface area contributed by atoms with Crippen molar-refractivity contribution in [2.75, 3.05) is 0 Å². The van der Waals surface area contributed by atoms with Gasteiger partial charge in [-0.25, -0.2) is 0 Å². The summed E-state index contributed by atoms with van der Waals surface area (Å²) in [5.74, 6) is 0. The molecule has 0 N–H and O–H groups in total. The molecule has 0 aliphatic carbocycles. The summed E-state index contributed by atoms with van der Waals surface area (Å²) in [6, 6.07) is 10.3. The van der Waals surface area contributed by atoms with Gasteiger partial charge < -0.3 is 0 Å². The fourth-order valence-electron chi connectivity index (χ4n) is 0.534. The SMILES string of the molecule is C[Si](C)(C)C.Cc1ccccc1. The molecule has 1 aromatic carbocycles. The summed E-state index contributed by atoms with van der Waals surface area (Å²) in [4.78, 5) is 0. The van der Waals surface area contributed by atoms with Crippen LogP contribution in [-0.2, 0) is 0 Å². The maximum Gasteiger partial charge on any atom is 0.0411 e. The summed E-state index contributed by atoms with van der Waals surface area (Å²) >= 11 is 0. The van der Waals surface area contributed by atoms with Crippen LogP contribution in [0.25, 0.3) is 0 Å². The minimum absolute atomic E-state index is 0.611. The first-order chi connectivity index (χ1) is 5.39. The van der Waals surface area contributed by atoms with Crippen molar-refractivity contribution in [2.24, 2.45) is 0 Å². The lowest BCUT2D eigenvalue weighted by Gasteiger charge is -2.01. The molecule has 0 nitrogen and oxygen atoms in total. The predicted molar refractivity (Wildman–Crippen MR) is 60.4 cm³/mol. The van der Waals surface area contributed by atoms with Gasteiger partial charge in [0.15, 0.2) is 0 Å². The van der Waals surface area contributed by atoms with Crippen LogP contribution in [0, 0.1) is 6.92 Å². The van der Waals surface area contributed by atoms with Crippen LogP contribution in [0.3, 0.4) is 0 Å². The molecule has 0 saturated heterocycles. The van der Waals surface area contributed by atoms with E-state index >= 15 is 0 Å². The van der Waals surface area contributed by atoms with Crippen molar-refractivity contribution in [1.82, 2.24) is 0 Å². The van der Waals surface area contributed by atoms with Gasteiger partial charge >= 0.3 is 0 Å². The molecule has 0 saturated carbocycles. The van der Waals surface area contributed by atoms with Crippen LogP contribution in [0.4, 0.5) is 0 Å². The molecule has 1 rings (SSSR count). The van der Waals surface area contributed by atoms with Gasteiger partial charge in [-0.1, -0.05) is 62.1 Å². The Balaban J connectivity index is 0.000000217. The second-order valence-electron chi connectivity index (χ2n) is 4.65. The zero-order chi connectivity index (χ0) is 9.61. The third-order valence-electron chi connectivity index (χ3n) is 0.940. The van der Waals surface area contributed by atoms with Crippen molar-refractivity contribution in [3.8, 4) is 0 Å². The summed E-state index contributed by atoms with van der Waals surface area (Å²) in [7, 11) is -0.611. The molecule has 0 fully saturated rings. The molecule has 0 atom stereocenters. The van der Waals surface area contributed by atoms with Crippen molar-refractivity contribution in [1.29, 1.82) is 0 Å². The van der Waals surface area contributed by atoms with Crippen LogP contribution in [0.5, 0.6) is 0 Å². The highest BCUT2D eigenvalue weighted by Gasteiger charge is 1.99. The topological polar surface area (TPSA) is 0 Å². The van der Waals surface area contributed by atoms with E-state index in [0.29, 0.717) is 0 Å². The van der Waals surface area contributed by atoms with E-state index in [2.05, 4.69) is 45.2 Å². The average molecular weight is 180 g/mol. The molecule has 12 heavy (non-hydrogen) atoms. The van der Waals surface area contributed by atoms with Crippen LogP contribution < -0.4 is 0 Å². The number of hydrogen-bond donors (Lipinski definition) is 0. The Morgan fingerprint density at radius 3 is 1.33 bits per heavy atom. The van der Waals surface area contributed by atoms with Crippen LogP contribution in [-0.4, -0.2) is 8.07 Å². The van der Waals surface area contributed by atoms with Gasteiger partial charge in [-0.15, -0.1) is 0 Å². The summed E-state index contributed by atoms with van der Waals surface area (Å²) in [5.41, 5.74) is 1.32. The first-order valence-electron chi connectivity index (χ1n) is 4.41. The molecule has 1 aromatic rings. The standard InChI is InChI=1S/C7H8.C4H12Si/c1-7-5-3-2-4-6-7;1-5(2,3)4/h2-6H,1H3;1-4H3. The van der Waals surface area contributed by atoms with Crippen molar-refractivity contribution < 1.29 is 0 Å². The van der Waals surface area contributed by atoms with Crippen LogP contribution in [0.2, 0.25) is 26.2 Å². The molecule has 0 aliphatic rings. The Labute approximate surface area is 77.6 Å². The van der Waals surface area contributed by atoms with Gasteiger partial charge in [-0.3, -0.25) is 0 Å². The number of hydrogen-bond acceptors (Lipinski definition) is 0. The van der Waals surface area contributed by atoms with Crippen molar-refractivity contribution in [3.63, 3.8) is 0 Å². The van der Waals surface area contributed by atoms with Crippen molar-refractivity contribution in [3.05, 3.63) is 35.9 Å². The monoisotopic (exact) mass is 180 g/mol. The van der Waals surface area contributed by atoms with Gasteiger partial charge in [0.05, 0.1) is 0 Å². The highest BCUT2D eigenvalue weighted by Crippen LogP contribution is 1.94. The summed E-state index contributed by atoms with van der Waals surface area (Å²) in [6.45, 7) is 11.4. The van der Waals surface area contributed by atoms with Gasteiger partial charge in [0.1, 0.15) is 0 Å². The van der Waals surface area contributed by atoms with Crippen molar-refractivity contribution in [2.45, 2.75) is 33.1 Å². The molecule has 0 unspecified atom stereocenters. The highest BCUT2D eigenvalue weighted by atomic mass is 28.3. The minimum Gasteiger partial charge on any atom is -0.0697 e. The highest BCUT2D eigenvalue weighted by molar-refractivity contribution is 6.74. The summed E-state index contributed by atoms with van der Waals surface area (Å²) < 4.78 is 0. The fraction of sp³-hybridized carbons (Fsp3) is 0.455. The third kappa shape index (κ3) is 12.1. The van der Waals surface area contributed by atoms with E-state index in [1.807, 2.05) is 18.2 Å². The lowest BCUT2D eigenvalue weighted by atomic mass is 10.2. The maximum atomic E-state index is 2.33. The summed E-state index contributed by atoms with van der Waals surface area (Å²) in [6.07, 6.45) is 0. The Hall–Kier alpha value is -0.563. The van der Waals surface area contributed by atoms with Gasteiger partial charge in [-0.05, 0) is 6.92 Å². The van der Waals surface area contributed by atoms with E-state index < -0.39 is 8.07 Å². The molecular formula is C11H20Si. The van der Waals surface area contributed by atoms with Gasteiger partial charge in [0.2, 0.25) is 0 Å². The van der Waals surface area contributed by atoms with Gasteiger partial charge in [0, 0.05) is 8.07 Å². The second kappa shape index (κ2) is 5.15. The molecule has 1 heteroatoms. The van der Waals surface area contributed by atoms with E-state index in [0.717, 1.165) is 0 Å². The Kier molecular flexibility index (Phi) is 4.91. The number of aryl methyl sites for hydroxylation is 1. The fourth-order valence-corrected chi connectivity index (χ4v) is 0.534. The van der Waals surface area contributed by atoms with Crippen LogP contribution in [0.15, 0.2) is 30.3 Å². The second-order valence-corrected chi connectivity index (χ2v) is 10.7. The van der Waals surface area contributed by atoms with Crippen LogP contribution in [0.1, 0.15) is 5.56 Å². The quantitative estimate of drug-likeness (QED) is 0.530. The molecule has 68 valence electrons. The maximum absolute atomic E-state index is 2.33. The van der Waals surface area contributed by atoms with E-state index in [4.69, 9.17) is 0 Å². The smallest absolute Gasteiger partial charge is 0.0411 e. The number of benzene rings is 1. The third-order valence-corrected chi connectivity index (χ3v) is 0.940. The first kappa shape index (κ1) is 11.4. The average Bonchev–Trinajstić information content (AvgIpc) is 1.85. The molecule has 0 aliphatic heterocycles. The largest absolute Gasteiger partial charge is 0.0697 e. The molecule has 0 spiro atoms. The molecule has 0 amide bonds. The zero-order valence-electron chi connectivity index (χ0n) is 8.89. The van der Waals surface area contributed by atoms with Crippen LogP contribution >= 0.6 is 0 Å². The van der Waals surface area contributed by atoms with Crippen molar-refractivity contribution >= 4 is 8.07 Å². The molecule has 0 bridgehead atoms. The lowest BCUT2D eigenvalue weighted by molar-refractivity contribution is 1.48. The minimum atomic E-state index is -0.611. The molecule has 0 radical (unpaired) electrons. The van der Waals surface area contributed by atoms with E-state index in [9.17, 15) is 0 Å². The molecule has 0 heterocycles. The lowest BCUT2D eigenvalue weighted by Crippen LogP contribution is -2.10. The number of rotatable bonds is 0. The molecule has 0 aromatic heterocycles. The molecular weight excluding hydrogens is 160 g/mol. The van der Waals surface area contributed by atoms with E-state index in [-0.39, 0.29) is 0 Å². The normalized spacial score (nSPS) is 10.1. The van der Waals surface area contributed by atoms with E-state index in [1.165, 1.54) is 5.56 Å². The first-order valence-corrected chi connectivity index (χ1v) is 8.41. The van der Waals surface area contributed by atoms with Gasteiger partial charge in [0.25, 0.3) is 0 Å².